The van der Waals surface area contributed by atoms with Crippen LogP contribution >= 0.6 is 0 Å². The molecule has 1 aliphatic rings. The number of para-hydroxylation sites is 2. The molecule has 7 heteroatoms. The Balaban J connectivity index is 1.33. The number of furan rings is 1. The van der Waals surface area contributed by atoms with E-state index in [0.717, 1.165) is 11.3 Å². The molecule has 31 heavy (non-hydrogen) atoms. The maximum atomic E-state index is 12.8. The quantitative estimate of drug-likeness (QED) is 0.615. The maximum Gasteiger partial charge on any atom is 0.307 e. The van der Waals surface area contributed by atoms with E-state index in [1.54, 1.807) is 24.3 Å². The fourth-order valence-corrected chi connectivity index (χ4v) is 3.45. The summed E-state index contributed by atoms with van der Waals surface area (Å²) in [5, 5.41) is 2.73. The molecular formula is C24H22N2O5. The highest BCUT2D eigenvalue weighted by molar-refractivity contribution is 6.11. The average Bonchev–Trinajstić information content (AvgIpc) is 3.26. The molecule has 0 bridgehead atoms. The number of fused-ring (bicyclic) bond motifs is 1. The second-order valence-electron chi connectivity index (χ2n) is 7.25. The molecule has 1 N–H and O–H groups in total. The van der Waals surface area contributed by atoms with E-state index in [2.05, 4.69) is 5.32 Å². The van der Waals surface area contributed by atoms with Crippen LogP contribution in [-0.2, 0) is 25.5 Å². The lowest BCUT2D eigenvalue weighted by molar-refractivity contribution is -0.153. The number of anilines is 2. The largest absolute Gasteiger partial charge is 0.461 e. The van der Waals surface area contributed by atoms with Gasteiger partial charge in [-0.05, 0) is 31.2 Å². The van der Waals surface area contributed by atoms with E-state index >= 15 is 0 Å². The maximum absolute atomic E-state index is 12.8. The smallest absolute Gasteiger partial charge is 0.307 e. The Morgan fingerprint density at radius 2 is 1.81 bits per heavy atom. The van der Waals surface area contributed by atoms with Crippen molar-refractivity contribution < 1.29 is 23.5 Å². The lowest BCUT2D eigenvalue weighted by Gasteiger charge is -2.30. The van der Waals surface area contributed by atoms with Gasteiger partial charge in [-0.1, -0.05) is 42.5 Å². The third-order valence-electron chi connectivity index (χ3n) is 4.99. The van der Waals surface area contributed by atoms with Gasteiger partial charge in [0, 0.05) is 12.0 Å². The van der Waals surface area contributed by atoms with E-state index in [4.69, 9.17) is 9.15 Å². The lowest BCUT2D eigenvalue weighted by Crippen LogP contribution is -2.47. The summed E-state index contributed by atoms with van der Waals surface area (Å²) in [5.41, 5.74) is 2.10. The first kappa shape index (κ1) is 20.4. The number of nitrogens with zero attached hydrogens (tertiary/aromatic N) is 1. The second-order valence-corrected chi connectivity index (χ2v) is 7.25. The zero-order valence-electron chi connectivity index (χ0n) is 17.0. The van der Waals surface area contributed by atoms with Crippen molar-refractivity contribution in [1.82, 2.24) is 0 Å². The number of nitrogens with one attached hydrogen (secondary N) is 1. The third kappa shape index (κ3) is 4.66. The Kier molecular flexibility index (Phi) is 5.84. The molecule has 0 radical (unpaired) electrons. The average molecular weight is 418 g/mol. The van der Waals surface area contributed by atoms with Gasteiger partial charge in [-0.2, -0.15) is 0 Å². The number of aryl methyl sites for hydroxylation is 1. The van der Waals surface area contributed by atoms with Gasteiger partial charge in [-0.15, -0.1) is 0 Å². The first-order valence-corrected chi connectivity index (χ1v) is 10.0. The molecule has 1 aromatic heterocycles. The molecule has 0 fully saturated rings. The molecule has 158 valence electrons. The van der Waals surface area contributed by atoms with E-state index in [0.29, 0.717) is 23.6 Å². The minimum absolute atomic E-state index is 0.0798. The van der Waals surface area contributed by atoms with Crippen molar-refractivity contribution >= 4 is 29.2 Å². The summed E-state index contributed by atoms with van der Waals surface area (Å²) in [7, 11) is 0. The molecule has 4 rings (SSSR count). The Hall–Kier alpha value is -3.87. The number of hydrogen-bond acceptors (Lipinski definition) is 5. The number of hydrogen-bond donors (Lipinski definition) is 1. The number of ether oxygens (including phenoxy) is 1. The number of carbonyl (C=O) groups excluding carboxylic acids is 3. The van der Waals surface area contributed by atoms with E-state index in [1.807, 2.05) is 42.5 Å². The topological polar surface area (TPSA) is 88.8 Å². The highest BCUT2D eigenvalue weighted by Gasteiger charge is 2.31. The molecule has 0 saturated heterocycles. The van der Waals surface area contributed by atoms with Crippen LogP contribution in [0.2, 0.25) is 0 Å². The monoisotopic (exact) mass is 418 g/mol. The zero-order chi connectivity index (χ0) is 21.8. The molecule has 0 aliphatic carbocycles. The highest BCUT2D eigenvalue weighted by Crippen LogP contribution is 2.29. The van der Waals surface area contributed by atoms with Crippen molar-refractivity contribution in [2.45, 2.75) is 25.9 Å². The first-order chi connectivity index (χ1) is 15.0. The highest BCUT2D eigenvalue weighted by atomic mass is 16.5. The predicted octanol–water partition coefficient (Wildman–Crippen LogP) is 3.80. The molecule has 1 atom stereocenters. The van der Waals surface area contributed by atoms with Gasteiger partial charge in [0.05, 0.1) is 17.8 Å². The van der Waals surface area contributed by atoms with Crippen molar-refractivity contribution in [3.8, 4) is 11.3 Å². The van der Waals surface area contributed by atoms with E-state index < -0.39 is 18.0 Å². The number of carbonyl (C=O) groups is 3. The molecule has 1 aliphatic heterocycles. The van der Waals surface area contributed by atoms with Crippen molar-refractivity contribution in [3.05, 3.63) is 72.5 Å². The van der Waals surface area contributed by atoms with Crippen LogP contribution in [-0.4, -0.2) is 30.4 Å². The third-order valence-corrected chi connectivity index (χ3v) is 4.99. The zero-order valence-corrected chi connectivity index (χ0v) is 17.0. The van der Waals surface area contributed by atoms with Crippen LogP contribution in [0, 0.1) is 0 Å². The summed E-state index contributed by atoms with van der Waals surface area (Å²) < 4.78 is 11.1. The SMILES string of the molecule is C[C@H](OC(=O)CCc1ccc(-c2ccccc2)o1)C(=O)N1CC(=O)Nc2ccccc21. The van der Waals surface area contributed by atoms with Crippen molar-refractivity contribution in [3.63, 3.8) is 0 Å². The Morgan fingerprint density at radius 1 is 1.06 bits per heavy atom. The van der Waals surface area contributed by atoms with Crippen LogP contribution in [0.3, 0.4) is 0 Å². The summed E-state index contributed by atoms with van der Waals surface area (Å²) >= 11 is 0. The lowest BCUT2D eigenvalue weighted by atomic mass is 10.1. The molecule has 2 heterocycles. The van der Waals surface area contributed by atoms with Gasteiger partial charge in [-0.3, -0.25) is 19.3 Å². The summed E-state index contributed by atoms with van der Waals surface area (Å²) in [6.45, 7) is 1.39. The molecule has 2 amide bonds. The van der Waals surface area contributed by atoms with Crippen molar-refractivity contribution in [2.24, 2.45) is 0 Å². The van der Waals surface area contributed by atoms with Gasteiger partial charge >= 0.3 is 5.97 Å². The predicted molar refractivity (Wildman–Crippen MR) is 115 cm³/mol. The van der Waals surface area contributed by atoms with Crippen LogP contribution in [0.4, 0.5) is 11.4 Å². The van der Waals surface area contributed by atoms with Crippen LogP contribution < -0.4 is 10.2 Å². The minimum atomic E-state index is -1.01. The van der Waals surface area contributed by atoms with Crippen LogP contribution in [0.5, 0.6) is 0 Å². The van der Waals surface area contributed by atoms with Crippen molar-refractivity contribution in [2.75, 3.05) is 16.8 Å². The van der Waals surface area contributed by atoms with Gasteiger partial charge in [-0.25, -0.2) is 0 Å². The van der Waals surface area contributed by atoms with Crippen molar-refractivity contribution in [1.29, 1.82) is 0 Å². The molecular weight excluding hydrogens is 396 g/mol. The molecule has 0 unspecified atom stereocenters. The molecule has 0 saturated carbocycles. The Morgan fingerprint density at radius 3 is 2.61 bits per heavy atom. The summed E-state index contributed by atoms with van der Waals surface area (Å²) in [5.74, 6) is 0.150. The number of esters is 1. The van der Waals surface area contributed by atoms with E-state index in [-0.39, 0.29) is 18.9 Å². The fourth-order valence-electron chi connectivity index (χ4n) is 3.45. The van der Waals surface area contributed by atoms with Gasteiger partial charge < -0.3 is 14.5 Å². The van der Waals surface area contributed by atoms with E-state index in [9.17, 15) is 14.4 Å². The van der Waals surface area contributed by atoms with E-state index in [1.165, 1.54) is 11.8 Å². The minimum Gasteiger partial charge on any atom is -0.461 e. The molecule has 7 nitrogen and oxygen atoms in total. The van der Waals surface area contributed by atoms with Gasteiger partial charge in [0.25, 0.3) is 5.91 Å². The summed E-state index contributed by atoms with van der Waals surface area (Å²) in [4.78, 5) is 38.4. The number of rotatable bonds is 6. The molecule has 0 spiro atoms. The second kappa shape index (κ2) is 8.87. The fraction of sp³-hybridized carbons (Fsp3) is 0.208. The van der Waals surface area contributed by atoms with Gasteiger partial charge in [0.1, 0.15) is 18.1 Å². The normalized spacial score (nSPS) is 13.8. The molecule has 2 aromatic carbocycles. The number of benzene rings is 2. The van der Waals surface area contributed by atoms with Crippen LogP contribution in [0.1, 0.15) is 19.1 Å². The first-order valence-electron chi connectivity index (χ1n) is 10.0. The summed E-state index contributed by atoms with van der Waals surface area (Å²) in [6, 6.07) is 20.4. The summed E-state index contributed by atoms with van der Waals surface area (Å²) in [6.07, 6.45) is -0.569. The molecule has 3 aromatic rings. The van der Waals surface area contributed by atoms with Gasteiger partial charge in [0.15, 0.2) is 6.10 Å². The Bertz CT molecular complexity index is 1110. The van der Waals surface area contributed by atoms with Gasteiger partial charge in [0.2, 0.25) is 5.91 Å². The standard InChI is InChI=1S/C24H22N2O5/c1-16(24(29)26-15-22(27)25-19-9-5-6-10-20(19)26)30-23(28)14-12-18-11-13-21(31-18)17-7-3-2-4-8-17/h2-11,13,16H,12,14-15H2,1H3,(H,25,27)/t16-/m0/s1. The van der Waals surface area contributed by atoms with Crippen LogP contribution in [0.15, 0.2) is 71.1 Å². The Labute approximate surface area is 179 Å². The van der Waals surface area contributed by atoms with Crippen LogP contribution in [0.25, 0.3) is 11.3 Å². The number of amides is 2.